The van der Waals surface area contributed by atoms with E-state index in [1.165, 1.54) is 4.90 Å². The third-order valence-corrected chi connectivity index (χ3v) is 7.41. The molecule has 3 N–H and O–H groups in total. The minimum atomic E-state index is -1.07. The molecule has 8 heteroatoms. The lowest BCUT2D eigenvalue weighted by atomic mass is 9.62. The highest BCUT2D eigenvalue weighted by molar-refractivity contribution is 5.99. The van der Waals surface area contributed by atoms with Gasteiger partial charge in [0, 0.05) is 12.1 Å². The van der Waals surface area contributed by atoms with E-state index in [-0.39, 0.29) is 30.2 Å². The molecule has 0 saturated carbocycles. The van der Waals surface area contributed by atoms with Crippen LogP contribution in [0.2, 0.25) is 0 Å². The fourth-order valence-corrected chi connectivity index (χ4v) is 5.98. The van der Waals surface area contributed by atoms with Gasteiger partial charge in [0.05, 0.1) is 30.1 Å². The first kappa shape index (κ1) is 24.0. The first-order valence-corrected chi connectivity index (χ1v) is 11.6. The number of ether oxygens (including phenoxy) is 1. The normalized spacial score (nSPS) is 37.7. The summed E-state index contributed by atoms with van der Waals surface area (Å²) in [5.74, 6) is -2.13. The topological polar surface area (TPSA) is 108 Å². The van der Waals surface area contributed by atoms with E-state index < -0.39 is 40.7 Å². The molecule has 7 atom stereocenters. The summed E-state index contributed by atoms with van der Waals surface area (Å²) in [6, 6.07) is -1.39. The Morgan fingerprint density at radius 3 is 2.45 bits per heavy atom. The summed E-state index contributed by atoms with van der Waals surface area (Å²) in [7, 11) is 0. The smallest absolute Gasteiger partial charge is 0.246 e. The van der Waals surface area contributed by atoms with Crippen molar-refractivity contribution in [2.45, 2.75) is 96.6 Å². The van der Waals surface area contributed by atoms with Gasteiger partial charge in [0.1, 0.15) is 11.6 Å². The minimum Gasteiger partial charge on any atom is -0.394 e. The standard InChI is InChI=1S/C23H39N3O5/c1-8-10-24-18(28)15-16-20(30)26(14(9-2)12-27)17(19(29)25-21(4,5)6)23(16)11-13(3)22(15,7)31-23/h13-17,27H,8-12H2,1-7H3,(H,24,28)(H,25,29)/t13?,14-,15-,16-,17?,22+,23?/m0/s1. The minimum absolute atomic E-state index is 0.00742. The van der Waals surface area contributed by atoms with Gasteiger partial charge >= 0.3 is 0 Å². The van der Waals surface area contributed by atoms with Crippen LogP contribution in [-0.2, 0) is 19.1 Å². The van der Waals surface area contributed by atoms with Gasteiger partial charge in [0.25, 0.3) is 0 Å². The van der Waals surface area contributed by atoms with Gasteiger partial charge in [-0.15, -0.1) is 0 Å². The average Bonchev–Trinajstić information content (AvgIpc) is 3.17. The molecule has 0 radical (unpaired) electrons. The SMILES string of the molecule is CCCNC(=O)[C@@H]1[C@H]2C(=O)N([C@@H](CC)CO)C(C(=O)NC(C)(C)C)C23CC(C)[C@@]1(C)O3. The number of aliphatic hydroxyl groups excluding tert-OH is 1. The zero-order valence-corrected chi connectivity index (χ0v) is 19.9. The number of carbonyl (C=O) groups excluding carboxylic acids is 3. The van der Waals surface area contributed by atoms with E-state index in [9.17, 15) is 19.5 Å². The van der Waals surface area contributed by atoms with Crippen LogP contribution in [0.3, 0.4) is 0 Å². The number of carbonyl (C=O) groups is 3. The van der Waals surface area contributed by atoms with E-state index in [4.69, 9.17) is 4.74 Å². The molecule has 31 heavy (non-hydrogen) atoms. The first-order valence-electron chi connectivity index (χ1n) is 11.6. The summed E-state index contributed by atoms with van der Waals surface area (Å²) >= 11 is 0. The van der Waals surface area contributed by atoms with Gasteiger partial charge < -0.3 is 25.4 Å². The second-order valence-corrected chi connectivity index (χ2v) is 10.7. The molecular formula is C23H39N3O5. The summed E-state index contributed by atoms with van der Waals surface area (Å²) in [5, 5.41) is 16.0. The quantitative estimate of drug-likeness (QED) is 0.555. The average molecular weight is 438 g/mol. The maximum absolute atomic E-state index is 13.8. The van der Waals surface area contributed by atoms with Crippen molar-refractivity contribution in [3.05, 3.63) is 0 Å². The van der Waals surface area contributed by atoms with E-state index in [2.05, 4.69) is 10.6 Å². The van der Waals surface area contributed by atoms with Crippen molar-refractivity contribution in [2.75, 3.05) is 13.2 Å². The Balaban J connectivity index is 2.11. The van der Waals surface area contributed by atoms with E-state index in [1.54, 1.807) is 0 Å². The molecule has 176 valence electrons. The molecule has 3 fully saturated rings. The molecule has 0 aromatic rings. The second-order valence-electron chi connectivity index (χ2n) is 10.7. The Bertz CT molecular complexity index is 746. The molecule has 3 amide bonds. The molecule has 8 nitrogen and oxygen atoms in total. The van der Waals surface area contributed by atoms with Crippen LogP contribution in [-0.4, -0.2) is 69.7 Å². The number of likely N-dealkylation sites (tertiary alicyclic amines) is 1. The summed E-state index contributed by atoms with van der Waals surface area (Å²) in [6.07, 6.45) is 1.82. The number of amides is 3. The summed E-state index contributed by atoms with van der Waals surface area (Å²) in [5.41, 5.74) is -2.38. The maximum atomic E-state index is 13.8. The number of hydrogen-bond acceptors (Lipinski definition) is 5. The van der Waals surface area contributed by atoms with Gasteiger partial charge in [0.2, 0.25) is 17.7 Å². The van der Waals surface area contributed by atoms with Crippen LogP contribution in [0, 0.1) is 17.8 Å². The fourth-order valence-electron chi connectivity index (χ4n) is 5.98. The summed E-state index contributed by atoms with van der Waals surface area (Å²) in [4.78, 5) is 42.2. The molecule has 3 aliphatic rings. The van der Waals surface area contributed by atoms with Crippen molar-refractivity contribution in [1.82, 2.24) is 15.5 Å². The number of nitrogens with one attached hydrogen (secondary N) is 2. The van der Waals surface area contributed by atoms with Crippen LogP contribution < -0.4 is 10.6 Å². The zero-order chi connectivity index (χ0) is 23.4. The Labute approximate surface area is 185 Å². The van der Waals surface area contributed by atoms with E-state index in [1.807, 2.05) is 48.5 Å². The summed E-state index contributed by atoms with van der Waals surface area (Å²) < 4.78 is 6.62. The molecule has 0 aliphatic carbocycles. The van der Waals surface area contributed by atoms with Crippen LogP contribution in [0.25, 0.3) is 0 Å². The number of hydrogen-bond donors (Lipinski definition) is 3. The number of rotatable bonds is 7. The van der Waals surface area contributed by atoms with Crippen molar-refractivity contribution in [3.63, 3.8) is 0 Å². The van der Waals surface area contributed by atoms with Crippen molar-refractivity contribution in [3.8, 4) is 0 Å². The van der Waals surface area contributed by atoms with E-state index >= 15 is 0 Å². The third-order valence-electron chi connectivity index (χ3n) is 7.41. The van der Waals surface area contributed by atoms with Crippen molar-refractivity contribution in [2.24, 2.45) is 17.8 Å². The summed E-state index contributed by atoms with van der Waals surface area (Å²) in [6.45, 7) is 13.7. The van der Waals surface area contributed by atoms with Crippen LogP contribution in [0.15, 0.2) is 0 Å². The molecule has 2 bridgehead atoms. The molecule has 3 saturated heterocycles. The largest absolute Gasteiger partial charge is 0.394 e. The van der Waals surface area contributed by atoms with Crippen LogP contribution in [0.1, 0.15) is 67.7 Å². The molecule has 3 unspecified atom stereocenters. The second kappa shape index (κ2) is 8.03. The van der Waals surface area contributed by atoms with Crippen LogP contribution in [0.4, 0.5) is 0 Å². The fraction of sp³-hybridized carbons (Fsp3) is 0.870. The molecule has 0 aromatic carbocycles. The first-order chi connectivity index (χ1) is 14.4. The van der Waals surface area contributed by atoms with Gasteiger partial charge in [-0.3, -0.25) is 14.4 Å². The third kappa shape index (κ3) is 3.55. The molecular weight excluding hydrogens is 398 g/mol. The maximum Gasteiger partial charge on any atom is 0.246 e. The lowest BCUT2D eigenvalue weighted by molar-refractivity contribution is -0.151. The van der Waals surface area contributed by atoms with Gasteiger partial charge in [-0.1, -0.05) is 20.8 Å². The lowest BCUT2D eigenvalue weighted by Gasteiger charge is -2.38. The lowest BCUT2D eigenvalue weighted by Crippen LogP contribution is -2.60. The Morgan fingerprint density at radius 2 is 1.94 bits per heavy atom. The molecule has 3 aliphatic heterocycles. The van der Waals surface area contributed by atoms with E-state index in [0.717, 1.165) is 6.42 Å². The number of nitrogens with zero attached hydrogens (tertiary/aromatic N) is 1. The van der Waals surface area contributed by atoms with Gasteiger partial charge in [-0.2, -0.15) is 0 Å². The Morgan fingerprint density at radius 1 is 1.29 bits per heavy atom. The predicted molar refractivity (Wildman–Crippen MR) is 116 cm³/mol. The van der Waals surface area contributed by atoms with Gasteiger partial charge in [-0.25, -0.2) is 0 Å². The highest BCUT2D eigenvalue weighted by Gasteiger charge is 2.80. The monoisotopic (exact) mass is 437 g/mol. The Kier molecular flexibility index (Phi) is 6.21. The van der Waals surface area contributed by atoms with Crippen LogP contribution in [0.5, 0.6) is 0 Å². The van der Waals surface area contributed by atoms with Crippen molar-refractivity contribution in [1.29, 1.82) is 0 Å². The number of aliphatic hydroxyl groups is 1. The molecule has 1 spiro atoms. The molecule has 0 aromatic heterocycles. The highest BCUT2D eigenvalue weighted by atomic mass is 16.5. The van der Waals surface area contributed by atoms with Crippen LogP contribution >= 0.6 is 0 Å². The highest BCUT2D eigenvalue weighted by Crippen LogP contribution is 2.65. The van der Waals surface area contributed by atoms with Gasteiger partial charge in [-0.05, 0) is 52.9 Å². The predicted octanol–water partition coefficient (Wildman–Crippen LogP) is 1.21. The molecule has 3 heterocycles. The van der Waals surface area contributed by atoms with Crippen molar-refractivity contribution >= 4 is 17.7 Å². The molecule has 3 rings (SSSR count). The zero-order valence-electron chi connectivity index (χ0n) is 19.9. The van der Waals surface area contributed by atoms with E-state index in [0.29, 0.717) is 19.4 Å². The van der Waals surface area contributed by atoms with Crippen molar-refractivity contribution < 1.29 is 24.2 Å². The number of fused-ring (bicyclic) bond motifs is 1. The van der Waals surface area contributed by atoms with Gasteiger partial charge in [0.15, 0.2) is 0 Å². The Hall–Kier alpha value is -1.67.